The van der Waals surface area contributed by atoms with Gasteiger partial charge < -0.3 is 9.47 Å². The highest BCUT2D eigenvalue weighted by Gasteiger charge is 2.20. The zero-order chi connectivity index (χ0) is 25.4. The summed E-state index contributed by atoms with van der Waals surface area (Å²) in [6, 6.07) is 15.1. The molecule has 0 atom stereocenters. The molecule has 0 spiro atoms. The molecule has 1 aliphatic rings. The van der Waals surface area contributed by atoms with E-state index in [1.54, 1.807) is 12.1 Å². The summed E-state index contributed by atoms with van der Waals surface area (Å²) in [6.45, 7) is 5.22. The van der Waals surface area contributed by atoms with Crippen LogP contribution < -0.4 is 9.47 Å². The van der Waals surface area contributed by atoms with E-state index in [-0.39, 0.29) is 5.97 Å². The summed E-state index contributed by atoms with van der Waals surface area (Å²) in [5.74, 6) is 2.93. The first-order valence-corrected chi connectivity index (χ1v) is 14.7. The normalized spacial score (nSPS) is 17.6. The minimum absolute atomic E-state index is 0.334. The quantitative estimate of drug-likeness (QED) is 0.133. The Morgan fingerprint density at radius 3 is 1.92 bits per heavy atom. The molecule has 2 aromatic carbocycles. The van der Waals surface area contributed by atoms with Crippen molar-refractivity contribution in [1.29, 1.82) is 0 Å². The van der Waals surface area contributed by atoms with Crippen LogP contribution in [0.1, 0.15) is 120 Å². The van der Waals surface area contributed by atoms with Gasteiger partial charge in [0.15, 0.2) is 0 Å². The van der Waals surface area contributed by atoms with Gasteiger partial charge in [0.2, 0.25) is 0 Å². The Bertz CT molecular complexity index is 848. The molecule has 1 saturated carbocycles. The number of carbonyl (C=O) groups is 1. The molecule has 0 unspecified atom stereocenters. The highest BCUT2D eigenvalue weighted by molar-refractivity contribution is 5.91. The Labute approximate surface area is 220 Å². The zero-order valence-corrected chi connectivity index (χ0v) is 22.8. The third kappa shape index (κ3) is 10.4. The van der Waals surface area contributed by atoms with Crippen molar-refractivity contribution < 1.29 is 14.3 Å². The standard InChI is InChI=1S/C33H48O3/c1-3-5-7-8-9-12-28-14-16-29(17-15-28)13-10-26-35-31-24-20-30(21-25-31)33(34)36-32-22-18-27(19-23-32)11-6-4-2/h18-25,28-29H,3-17,26H2,1-2H3. The Hall–Kier alpha value is -2.29. The number of esters is 1. The second-order valence-electron chi connectivity index (χ2n) is 10.7. The predicted molar refractivity (Wildman–Crippen MR) is 150 cm³/mol. The molecule has 2 aromatic rings. The summed E-state index contributed by atoms with van der Waals surface area (Å²) in [7, 11) is 0. The molecule has 0 aromatic heterocycles. The summed E-state index contributed by atoms with van der Waals surface area (Å²) in [5.41, 5.74) is 1.82. The van der Waals surface area contributed by atoms with Gasteiger partial charge in [-0.15, -0.1) is 0 Å². The van der Waals surface area contributed by atoms with E-state index in [4.69, 9.17) is 9.47 Å². The molecule has 0 amide bonds. The van der Waals surface area contributed by atoms with E-state index in [0.29, 0.717) is 11.3 Å². The van der Waals surface area contributed by atoms with Crippen LogP contribution >= 0.6 is 0 Å². The summed E-state index contributed by atoms with van der Waals surface area (Å²) in [6.07, 6.45) is 19.9. The van der Waals surface area contributed by atoms with Crippen LogP contribution in [0.3, 0.4) is 0 Å². The van der Waals surface area contributed by atoms with Crippen LogP contribution in [0.25, 0.3) is 0 Å². The maximum atomic E-state index is 12.5. The van der Waals surface area contributed by atoms with Gasteiger partial charge in [0, 0.05) is 0 Å². The lowest BCUT2D eigenvalue weighted by Crippen LogP contribution is -2.15. The molecule has 0 bridgehead atoms. The van der Waals surface area contributed by atoms with Gasteiger partial charge in [0.1, 0.15) is 11.5 Å². The smallest absolute Gasteiger partial charge is 0.343 e. The lowest BCUT2D eigenvalue weighted by atomic mass is 9.78. The van der Waals surface area contributed by atoms with Crippen LogP contribution in [0.15, 0.2) is 48.5 Å². The van der Waals surface area contributed by atoms with E-state index in [1.807, 2.05) is 36.4 Å². The Kier molecular flexibility index (Phi) is 12.9. The van der Waals surface area contributed by atoms with Crippen molar-refractivity contribution in [1.82, 2.24) is 0 Å². The van der Waals surface area contributed by atoms with Crippen LogP contribution in [0.5, 0.6) is 11.5 Å². The molecular weight excluding hydrogens is 444 g/mol. The molecule has 0 heterocycles. The molecule has 0 saturated heterocycles. The molecule has 198 valence electrons. The average Bonchev–Trinajstić information content (AvgIpc) is 2.91. The molecule has 36 heavy (non-hydrogen) atoms. The summed E-state index contributed by atoms with van der Waals surface area (Å²) in [5, 5.41) is 0. The molecule has 0 N–H and O–H groups in total. The van der Waals surface area contributed by atoms with E-state index in [1.165, 1.54) is 89.0 Å². The van der Waals surface area contributed by atoms with Crippen LogP contribution in [-0.2, 0) is 6.42 Å². The summed E-state index contributed by atoms with van der Waals surface area (Å²) < 4.78 is 11.5. The second kappa shape index (κ2) is 16.5. The molecule has 1 aliphatic carbocycles. The SMILES string of the molecule is CCCCCCCC1CCC(CCCOc2ccc(C(=O)Oc3ccc(CCCC)cc3)cc2)CC1. The first-order chi connectivity index (χ1) is 17.7. The molecular formula is C33H48O3. The third-order valence-corrected chi connectivity index (χ3v) is 7.75. The predicted octanol–water partition coefficient (Wildman–Crippen LogP) is 9.57. The van der Waals surface area contributed by atoms with Crippen LogP contribution in [0.4, 0.5) is 0 Å². The fourth-order valence-corrected chi connectivity index (χ4v) is 5.37. The number of aryl methyl sites for hydroxylation is 1. The number of unbranched alkanes of at least 4 members (excludes halogenated alkanes) is 5. The minimum atomic E-state index is -0.334. The van der Waals surface area contributed by atoms with E-state index >= 15 is 0 Å². The largest absolute Gasteiger partial charge is 0.494 e. The highest BCUT2D eigenvalue weighted by Crippen LogP contribution is 2.34. The van der Waals surface area contributed by atoms with Gasteiger partial charge in [-0.2, -0.15) is 0 Å². The summed E-state index contributed by atoms with van der Waals surface area (Å²) >= 11 is 0. The van der Waals surface area contributed by atoms with Crippen LogP contribution in [-0.4, -0.2) is 12.6 Å². The van der Waals surface area contributed by atoms with Crippen LogP contribution in [0.2, 0.25) is 0 Å². The van der Waals surface area contributed by atoms with E-state index in [2.05, 4.69) is 13.8 Å². The van der Waals surface area contributed by atoms with Gasteiger partial charge in [0.05, 0.1) is 12.2 Å². The lowest BCUT2D eigenvalue weighted by molar-refractivity contribution is 0.0734. The maximum Gasteiger partial charge on any atom is 0.343 e. The fourth-order valence-electron chi connectivity index (χ4n) is 5.37. The van der Waals surface area contributed by atoms with Gasteiger partial charge in [-0.25, -0.2) is 4.79 Å². The average molecular weight is 493 g/mol. The Balaban J connectivity index is 1.28. The number of ether oxygens (including phenoxy) is 2. The van der Waals surface area contributed by atoms with Crippen LogP contribution in [0, 0.1) is 11.8 Å². The molecule has 0 radical (unpaired) electrons. The number of rotatable bonds is 16. The van der Waals surface area contributed by atoms with Crippen molar-refractivity contribution in [2.45, 2.75) is 110 Å². The second-order valence-corrected chi connectivity index (χ2v) is 10.7. The lowest BCUT2D eigenvalue weighted by Gasteiger charge is -2.28. The van der Waals surface area contributed by atoms with Crippen molar-refractivity contribution in [3.05, 3.63) is 59.7 Å². The van der Waals surface area contributed by atoms with Crippen molar-refractivity contribution in [2.24, 2.45) is 11.8 Å². The number of hydrogen-bond donors (Lipinski definition) is 0. The van der Waals surface area contributed by atoms with Crippen molar-refractivity contribution in [2.75, 3.05) is 6.61 Å². The Morgan fingerprint density at radius 2 is 1.28 bits per heavy atom. The highest BCUT2D eigenvalue weighted by atomic mass is 16.5. The van der Waals surface area contributed by atoms with E-state index < -0.39 is 0 Å². The minimum Gasteiger partial charge on any atom is -0.494 e. The topological polar surface area (TPSA) is 35.5 Å². The van der Waals surface area contributed by atoms with Gasteiger partial charge >= 0.3 is 5.97 Å². The van der Waals surface area contributed by atoms with E-state index in [0.717, 1.165) is 37.0 Å². The van der Waals surface area contributed by atoms with Crippen molar-refractivity contribution in [3.63, 3.8) is 0 Å². The van der Waals surface area contributed by atoms with Gasteiger partial charge in [-0.3, -0.25) is 0 Å². The Morgan fingerprint density at radius 1 is 0.694 bits per heavy atom. The van der Waals surface area contributed by atoms with Gasteiger partial charge in [-0.1, -0.05) is 96.6 Å². The molecule has 0 aliphatic heterocycles. The molecule has 3 nitrogen and oxygen atoms in total. The third-order valence-electron chi connectivity index (χ3n) is 7.75. The first-order valence-electron chi connectivity index (χ1n) is 14.7. The fraction of sp³-hybridized carbons (Fsp3) is 0.606. The maximum absolute atomic E-state index is 12.5. The van der Waals surface area contributed by atoms with Gasteiger partial charge in [0.25, 0.3) is 0 Å². The van der Waals surface area contributed by atoms with Gasteiger partial charge in [-0.05, 0) is 79.5 Å². The van der Waals surface area contributed by atoms with E-state index in [9.17, 15) is 4.79 Å². The van der Waals surface area contributed by atoms with Crippen molar-refractivity contribution >= 4 is 5.97 Å². The number of benzene rings is 2. The summed E-state index contributed by atoms with van der Waals surface area (Å²) in [4.78, 5) is 12.5. The number of hydrogen-bond acceptors (Lipinski definition) is 3. The monoisotopic (exact) mass is 492 g/mol. The zero-order valence-electron chi connectivity index (χ0n) is 22.8. The molecule has 3 heteroatoms. The number of carbonyl (C=O) groups excluding carboxylic acids is 1. The first kappa shape index (κ1) is 28.3. The van der Waals surface area contributed by atoms with Crippen molar-refractivity contribution in [3.8, 4) is 11.5 Å². The molecule has 1 fully saturated rings. The molecule has 3 rings (SSSR count).